The van der Waals surface area contributed by atoms with Gasteiger partial charge in [0.1, 0.15) is 5.60 Å². The molecule has 2 fully saturated rings. The van der Waals surface area contributed by atoms with Gasteiger partial charge >= 0.3 is 6.09 Å². The van der Waals surface area contributed by atoms with Crippen LogP contribution >= 0.6 is 23.2 Å². The van der Waals surface area contributed by atoms with E-state index in [1.807, 2.05) is 19.9 Å². The van der Waals surface area contributed by atoms with Crippen molar-refractivity contribution in [3.63, 3.8) is 0 Å². The first kappa shape index (κ1) is 22.7. The van der Waals surface area contributed by atoms with Crippen LogP contribution in [0.15, 0.2) is 18.2 Å². The van der Waals surface area contributed by atoms with E-state index >= 15 is 0 Å². The van der Waals surface area contributed by atoms with E-state index in [4.69, 9.17) is 32.7 Å². The standard InChI is InChI=1S/C22H32Cl2N2O3/c1-22(2,12-16-6-9-28-10-7-16)29-21(27)26(14-17-5-8-25-13-17)15-18-3-4-19(23)11-20(18)24/h3-4,11,16-17,25H,5-10,12-15H2,1-2H3/t17-/m1/s1. The first-order valence-corrected chi connectivity index (χ1v) is 11.3. The van der Waals surface area contributed by atoms with Gasteiger partial charge in [-0.1, -0.05) is 29.3 Å². The van der Waals surface area contributed by atoms with Gasteiger partial charge in [-0.3, -0.25) is 0 Å². The zero-order valence-electron chi connectivity index (χ0n) is 17.4. The second-order valence-corrected chi connectivity index (χ2v) is 9.71. The predicted octanol–water partition coefficient (Wildman–Crippen LogP) is 5.14. The predicted molar refractivity (Wildman–Crippen MR) is 117 cm³/mol. The minimum Gasteiger partial charge on any atom is -0.443 e. The van der Waals surface area contributed by atoms with E-state index in [1.54, 1.807) is 17.0 Å². The molecular weight excluding hydrogens is 411 g/mol. The third-order valence-corrected chi connectivity index (χ3v) is 6.35. The van der Waals surface area contributed by atoms with E-state index in [0.29, 0.717) is 35.0 Å². The Bertz CT molecular complexity index is 687. The molecule has 1 aromatic carbocycles. The Hall–Kier alpha value is -1.01. The number of hydrogen-bond donors (Lipinski definition) is 1. The number of nitrogens with zero attached hydrogens (tertiary/aromatic N) is 1. The van der Waals surface area contributed by atoms with Gasteiger partial charge in [0.05, 0.1) is 6.54 Å². The first-order chi connectivity index (χ1) is 13.8. The Balaban J connectivity index is 1.67. The number of ether oxygens (including phenoxy) is 2. The number of halogens is 2. The fourth-order valence-corrected chi connectivity index (χ4v) is 4.70. The lowest BCUT2D eigenvalue weighted by molar-refractivity contribution is -0.0200. The van der Waals surface area contributed by atoms with Crippen LogP contribution in [0.25, 0.3) is 0 Å². The summed E-state index contributed by atoms with van der Waals surface area (Å²) in [5.74, 6) is 0.956. The molecule has 0 radical (unpaired) electrons. The summed E-state index contributed by atoms with van der Waals surface area (Å²) in [7, 11) is 0. The fourth-order valence-electron chi connectivity index (χ4n) is 4.23. The molecule has 3 rings (SSSR count). The summed E-state index contributed by atoms with van der Waals surface area (Å²) < 4.78 is 11.5. The van der Waals surface area contributed by atoms with Crippen molar-refractivity contribution in [3.05, 3.63) is 33.8 Å². The highest BCUT2D eigenvalue weighted by molar-refractivity contribution is 6.35. The van der Waals surface area contributed by atoms with Crippen LogP contribution in [0.5, 0.6) is 0 Å². The summed E-state index contributed by atoms with van der Waals surface area (Å²) in [6, 6.07) is 5.40. The zero-order chi connectivity index (χ0) is 20.9. The molecule has 0 bridgehead atoms. The molecule has 29 heavy (non-hydrogen) atoms. The van der Waals surface area contributed by atoms with Crippen molar-refractivity contribution < 1.29 is 14.3 Å². The van der Waals surface area contributed by atoms with E-state index in [1.165, 1.54) is 0 Å². The summed E-state index contributed by atoms with van der Waals surface area (Å²) in [4.78, 5) is 15.0. The SMILES string of the molecule is CC(C)(CC1CCOCC1)OC(=O)N(Cc1ccc(Cl)cc1Cl)C[C@@H]1CCNC1. The molecule has 5 nitrogen and oxygen atoms in total. The summed E-state index contributed by atoms with van der Waals surface area (Å²) in [5.41, 5.74) is 0.357. The smallest absolute Gasteiger partial charge is 0.410 e. The number of carbonyl (C=O) groups excluding carboxylic acids is 1. The monoisotopic (exact) mass is 442 g/mol. The number of benzene rings is 1. The molecule has 1 atom stereocenters. The van der Waals surface area contributed by atoms with E-state index in [-0.39, 0.29) is 6.09 Å². The lowest BCUT2D eigenvalue weighted by Gasteiger charge is -2.34. The Morgan fingerprint density at radius 1 is 1.24 bits per heavy atom. The lowest BCUT2D eigenvalue weighted by atomic mass is 9.88. The second kappa shape index (κ2) is 10.3. The number of rotatable bonds is 7. The summed E-state index contributed by atoms with van der Waals surface area (Å²) in [5, 5.41) is 4.53. The number of carbonyl (C=O) groups is 1. The van der Waals surface area contributed by atoms with Gasteiger partial charge in [-0.2, -0.15) is 0 Å². The molecule has 162 valence electrons. The van der Waals surface area contributed by atoms with Gasteiger partial charge in [0.2, 0.25) is 0 Å². The lowest BCUT2D eigenvalue weighted by Crippen LogP contribution is -2.41. The third-order valence-electron chi connectivity index (χ3n) is 5.76. The summed E-state index contributed by atoms with van der Waals surface area (Å²) in [6.45, 7) is 8.58. The van der Waals surface area contributed by atoms with Crippen LogP contribution < -0.4 is 5.32 Å². The highest BCUT2D eigenvalue weighted by Crippen LogP contribution is 2.29. The maximum atomic E-state index is 13.2. The molecule has 0 saturated carbocycles. The molecular formula is C22H32Cl2N2O3. The minimum absolute atomic E-state index is 0.278. The minimum atomic E-state index is -0.519. The van der Waals surface area contributed by atoms with Gasteiger partial charge in [0.15, 0.2) is 0 Å². The Kier molecular flexibility index (Phi) is 8.08. The van der Waals surface area contributed by atoms with Gasteiger partial charge in [0, 0.05) is 29.8 Å². The van der Waals surface area contributed by atoms with Crippen molar-refractivity contribution in [1.29, 1.82) is 0 Å². The first-order valence-electron chi connectivity index (χ1n) is 10.5. The van der Waals surface area contributed by atoms with Gasteiger partial charge in [0.25, 0.3) is 0 Å². The van der Waals surface area contributed by atoms with E-state index in [2.05, 4.69) is 5.32 Å². The Morgan fingerprint density at radius 3 is 2.66 bits per heavy atom. The van der Waals surface area contributed by atoms with Crippen LogP contribution in [-0.2, 0) is 16.0 Å². The summed E-state index contributed by atoms with van der Waals surface area (Å²) in [6.07, 6.45) is 3.68. The van der Waals surface area contributed by atoms with Crippen molar-refractivity contribution in [2.45, 2.75) is 51.7 Å². The van der Waals surface area contributed by atoms with Crippen molar-refractivity contribution >= 4 is 29.3 Å². The molecule has 0 aromatic heterocycles. The van der Waals surface area contributed by atoms with Crippen molar-refractivity contribution in [1.82, 2.24) is 10.2 Å². The quantitative estimate of drug-likeness (QED) is 0.634. The van der Waals surface area contributed by atoms with E-state index in [9.17, 15) is 4.79 Å². The average molecular weight is 443 g/mol. The van der Waals surface area contributed by atoms with Crippen LogP contribution in [-0.4, -0.2) is 49.4 Å². The number of amides is 1. The molecule has 0 aliphatic carbocycles. The summed E-state index contributed by atoms with van der Waals surface area (Å²) >= 11 is 12.4. The molecule has 0 spiro atoms. The highest BCUT2D eigenvalue weighted by atomic mass is 35.5. The van der Waals surface area contributed by atoms with Crippen LogP contribution in [0.1, 0.15) is 45.1 Å². The topological polar surface area (TPSA) is 50.8 Å². The Labute approximate surface area is 184 Å². The molecule has 1 aromatic rings. The molecule has 0 unspecified atom stereocenters. The number of hydrogen-bond acceptors (Lipinski definition) is 4. The van der Waals surface area contributed by atoms with Gasteiger partial charge in [-0.05, 0) is 82.2 Å². The van der Waals surface area contributed by atoms with Crippen molar-refractivity contribution in [2.75, 3.05) is 32.8 Å². The van der Waals surface area contributed by atoms with Crippen LogP contribution in [0.4, 0.5) is 4.79 Å². The normalized spacial score (nSPS) is 20.6. The molecule has 2 heterocycles. The molecule has 2 aliphatic heterocycles. The largest absolute Gasteiger partial charge is 0.443 e. The molecule has 2 aliphatic rings. The third kappa shape index (κ3) is 7.02. The van der Waals surface area contributed by atoms with Gasteiger partial charge in [-0.25, -0.2) is 4.79 Å². The van der Waals surface area contributed by atoms with Crippen LogP contribution in [0.2, 0.25) is 10.0 Å². The van der Waals surface area contributed by atoms with E-state index < -0.39 is 5.60 Å². The van der Waals surface area contributed by atoms with Crippen molar-refractivity contribution in [2.24, 2.45) is 11.8 Å². The zero-order valence-corrected chi connectivity index (χ0v) is 18.9. The maximum absolute atomic E-state index is 13.2. The van der Waals surface area contributed by atoms with Gasteiger partial charge < -0.3 is 19.7 Å². The van der Waals surface area contributed by atoms with Gasteiger partial charge in [-0.15, -0.1) is 0 Å². The molecule has 1 N–H and O–H groups in total. The van der Waals surface area contributed by atoms with Crippen molar-refractivity contribution in [3.8, 4) is 0 Å². The highest BCUT2D eigenvalue weighted by Gasteiger charge is 2.31. The molecule has 2 saturated heterocycles. The Morgan fingerprint density at radius 2 is 2.00 bits per heavy atom. The van der Waals surface area contributed by atoms with Crippen LogP contribution in [0, 0.1) is 11.8 Å². The van der Waals surface area contributed by atoms with E-state index in [0.717, 1.165) is 57.6 Å². The molecule has 1 amide bonds. The average Bonchev–Trinajstić information content (AvgIpc) is 3.16. The maximum Gasteiger partial charge on any atom is 0.410 e. The fraction of sp³-hybridized carbons (Fsp3) is 0.682. The number of nitrogens with one attached hydrogen (secondary N) is 1. The van der Waals surface area contributed by atoms with Crippen LogP contribution in [0.3, 0.4) is 0 Å². The molecule has 7 heteroatoms. The second-order valence-electron chi connectivity index (χ2n) is 8.86.